The van der Waals surface area contributed by atoms with E-state index in [0.717, 1.165) is 10.2 Å². The third-order valence-electron chi connectivity index (χ3n) is 2.03. The predicted octanol–water partition coefficient (Wildman–Crippen LogP) is 2.44. The molecule has 0 bridgehead atoms. The van der Waals surface area contributed by atoms with Gasteiger partial charge in [0.2, 0.25) is 0 Å². The van der Waals surface area contributed by atoms with Crippen molar-refractivity contribution in [3.63, 3.8) is 0 Å². The Morgan fingerprint density at radius 2 is 2.31 bits per heavy atom. The summed E-state index contributed by atoms with van der Waals surface area (Å²) in [5, 5.41) is 0.809. The van der Waals surface area contributed by atoms with Crippen molar-refractivity contribution in [1.29, 1.82) is 0 Å². The van der Waals surface area contributed by atoms with Crippen LogP contribution in [-0.4, -0.2) is 17.1 Å². The maximum atomic E-state index is 11.7. The summed E-state index contributed by atoms with van der Waals surface area (Å²) in [6, 6.07) is 3.64. The fraction of sp³-hybridized carbons (Fsp3) is 0.273. The van der Waals surface area contributed by atoms with Gasteiger partial charge in [0.15, 0.2) is 0 Å². The van der Waals surface area contributed by atoms with Crippen LogP contribution in [0.4, 0.5) is 5.69 Å². The summed E-state index contributed by atoms with van der Waals surface area (Å²) in [5.41, 5.74) is 6.34. The van der Waals surface area contributed by atoms with Crippen LogP contribution in [0.2, 0.25) is 0 Å². The number of hydrogen-bond acceptors (Lipinski definition) is 5. The number of thiophene rings is 1. The van der Waals surface area contributed by atoms with E-state index < -0.39 is 0 Å². The third-order valence-corrected chi connectivity index (χ3v) is 3.14. The van der Waals surface area contributed by atoms with E-state index in [1.54, 1.807) is 26.1 Å². The monoisotopic (exact) mass is 236 g/mol. The molecule has 0 amide bonds. The van der Waals surface area contributed by atoms with E-state index in [-0.39, 0.29) is 12.1 Å². The molecule has 0 aliphatic rings. The molecule has 2 heterocycles. The molecule has 0 fully saturated rings. The lowest BCUT2D eigenvalue weighted by Crippen LogP contribution is -2.11. The minimum Gasteiger partial charge on any atom is -0.459 e. The van der Waals surface area contributed by atoms with E-state index in [9.17, 15) is 4.79 Å². The average molecular weight is 236 g/mol. The summed E-state index contributed by atoms with van der Waals surface area (Å²) in [6.45, 7) is 3.61. The van der Waals surface area contributed by atoms with E-state index in [0.29, 0.717) is 10.6 Å². The summed E-state index contributed by atoms with van der Waals surface area (Å²) in [4.78, 5) is 17.1. The zero-order valence-electron chi connectivity index (χ0n) is 9.06. The topological polar surface area (TPSA) is 65.2 Å². The molecule has 16 heavy (non-hydrogen) atoms. The summed E-state index contributed by atoms with van der Waals surface area (Å²) >= 11 is 1.26. The first kappa shape index (κ1) is 10.9. The van der Waals surface area contributed by atoms with Crippen LogP contribution in [0.15, 0.2) is 18.3 Å². The van der Waals surface area contributed by atoms with Crippen molar-refractivity contribution in [2.45, 2.75) is 20.0 Å². The third kappa shape index (κ3) is 1.86. The Kier molecular flexibility index (Phi) is 2.78. The average Bonchev–Trinajstić information content (AvgIpc) is 2.56. The summed E-state index contributed by atoms with van der Waals surface area (Å²) in [7, 11) is 0. The quantitative estimate of drug-likeness (QED) is 0.813. The second-order valence-corrected chi connectivity index (χ2v) is 4.65. The fourth-order valence-corrected chi connectivity index (χ4v) is 2.32. The van der Waals surface area contributed by atoms with Gasteiger partial charge in [-0.05, 0) is 26.0 Å². The molecular formula is C11H12N2O2S. The SMILES string of the molecule is CC(C)OC(=O)c1sc2ncccc2c1N. The maximum absolute atomic E-state index is 11.7. The second-order valence-electron chi connectivity index (χ2n) is 3.66. The van der Waals surface area contributed by atoms with Crippen molar-refractivity contribution >= 4 is 33.2 Å². The lowest BCUT2D eigenvalue weighted by Gasteiger charge is -2.06. The number of rotatable bonds is 2. The number of carbonyl (C=O) groups excluding carboxylic acids is 1. The van der Waals surface area contributed by atoms with Gasteiger partial charge in [-0.25, -0.2) is 9.78 Å². The van der Waals surface area contributed by atoms with E-state index >= 15 is 0 Å². The molecule has 2 aromatic rings. The highest BCUT2D eigenvalue weighted by molar-refractivity contribution is 7.21. The number of fused-ring (bicyclic) bond motifs is 1. The van der Waals surface area contributed by atoms with Crippen molar-refractivity contribution < 1.29 is 9.53 Å². The van der Waals surface area contributed by atoms with Crippen molar-refractivity contribution in [3.8, 4) is 0 Å². The maximum Gasteiger partial charge on any atom is 0.350 e. The Bertz CT molecular complexity index is 534. The fourth-order valence-electron chi connectivity index (χ4n) is 1.37. The number of aromatic nitrogens is 1. The largest absolute Gasteiger partial charge is 0.459 e. The van der Waals surface area contributed by atoms with Crippen LogP contribution >= 0.6 is 11.3 Å². The molecule has 0 atom stereocenters. The van der Waals surface area contributed by atoms with E-state index in [1.165, 1.54) is 11.3 Å². The molecule has 0 spiro atoms. The number of nitrogens with two attached hydrogens (primary N) is 1. The number of anilines is 1. The van der Waals surface area contributed by atoms with Gasteiger partial charge in [-0.3, -0.25) is 0 Å². The lowest BCUT2D eigenvalue weighted by atomic mass is 10.3. The predicted molar refractivity (Wildman–Crippen MR) is 64.6 cm³/mol. The highest BCUT2D eigenvalue weighted by atomic mass is 32.1. The molecule has 4 nitrogen and oxygen atoms in total. The molecule has 0 unspecified atom stereocenters. The zero-order valence-corrected chi connectivity index (χ0v) is 9.88. The first-order chi connectivity index (χ1) is 7.59. The van der Waals surface area contributed by atoms with Crippen molar-refractivity contribution in [1.82, 2.24) is 4.98 Å². The first-order valence-electron chi connectivity index (χ1n) is 4.93. The van der Waals surface area contributed by atoms with Crippen LogP contribution in [0.25, 0.3) is 10.2 Å². The van der Waals surface area contributed by atoms with Gasteiger partial charge < -0.3 is 10.5 Å². The Morgan fingerprint density at radius 3 is 2.94 bits per heavy atom. The Hall–Kier alpha value is -1.62. The zero-order chi connectivity index (χ0) is 11.7. The number of esters is 1. The van der Waals surface area contributed by atoms with Crippen LogP contribution in [-0.2, 0) is 4.74 Å². The molecule has 2 rings (SSSR count). The van der Waals surface area contributed by atoms with Crippen LogP contribution < -0.4 is 5.73 Å². The minimum atomic E-state index is -0.379. The van der Waals surface area contributed by atoms with E-state index in [1.807, 2.05) is 6.07 Å². The van der Waals surface area contributed by atoms with E-state index in [2.05, 4.69) is 4.98 Å². The van der Waals surface area contributed by atoms with Gasteiger partial charge in [0, 0.05) is 11.6 Å². The standard InChI is InChI=1S/C11H12N2O2S/c1-6(2)15-11(14)9-8(12)7-4-3-5-13-10(7)16-9/h3-6H,12H2,1-2H3. The molecule has 84 valence electrons. The molecule has 0 saturated carbocycles. The number of ether oxygens (including phenoxy) is 1. The Morgan fingerprint density at radius 1 is 1.56 bits per heavy atom. The summed E-state index contributed by atoms with van der Waals surface area (Å²) in [6.07, 6.45) is 1.53. The van der Waals surface area contributed by atoms with Gasteiger partial charge in [0.25, 0.3) is 0 Å². The van der Waals surface area contributed by atoms with E-state index in [4.69, 9.17) is 10.5 Å². The summed E-state index contributed by atoms with van der Waals surface area (Å²) in [5.74, 6) is -0.379. The highest BCUT2D eigenvalue weighted by Gasteiger charge is 2.18. The molecule has 2 N–H and O–H groups in total. The highest BCUT2D eigenvalue weighted by Crippen LogP contribution is 2.32. The van der Waals surface area contributed by atoms with Gasteiger partial charge in [-0.2, -0.15) is 0 Å². The normalized spacial score (nSPS) is 10.9. The molecule has 0 radical (unpaired) electrons. The lowest BCUT2D eigenvalue weighted by molar-refractivity contribution is 0.0385. The van der Waals surface area contributed by atoms with Crippen molar-refractivity contribution in [3.05, 3.63) is 23.2 Å². The van der Waals surface area contributed by atoms with Crippen LogP contribution in [0, 0.1) is 0 Å². The van der Waals surface area contributed by atoms with Gasteiger partial charge in [0.05, 0.1) is 11.8 Å². The molecule has 5 heteroatoms. The number of nitrogen functional groups attached to an aromatic ring is 1. The summed E-state index contributed by atoms with van der Waals surface area (Å²) < 4.78 is 5.11. The van der Waals surface area contributed by atoms with Gasteiger partial charge in [-0.15, -0.1) is 11.3 Å². The first-order valence-corrected chi connectivity index (χ1v) is 5.75. The van der Waals surface area contributed by atoms with Gasteiger partial charge >= 0.3 is 5.97 Å². The molecular weight excluding hydrogens is 224 g/mol. The number of hydrogen-bond donors (Lipinski definition) is 1. The second kappa shape index (κ2) is 4.09. The van der Waals surface area contributed by atoms with Crippen LogP contribution in [0.5, 0.6) is 0 Å². The van der Waals surface area contributed by atoms with Crippen molar-refractivity contribution in [2.75, 3.05) is 5.73 Å². The van der Waals surface area contributed by atoms with Gasteiger partial charge in [-0.1, -0.05) is 0 Å². The molecule has 0 aliphatic carbocycles. The number of nitrogens with zero attached hydrogens (tertiary/aromatic N) is 1. The number of carbonyl (C=O) groups is 1. The smallest absolute Gasteiger partial charge is 0.350 e. The minimum absolute atomic E-state index is 0.148. The molecule has 0 saturated heterocycles. The van der Waals surface area contributed by atoms with Crippen LogP contribution in [0.1, 0.15) is 23.5 Å². The van der Waals surface area contributed by atoms with Crippen molar-refractivity contribution in [2.24, 2.45) is 0 Å². The van der Waals surface area contributed by atoms with Gasteiger partial charge in [0.1, 0.15) is 9.71 Å². The molecule has 0 aliphatic heterocycles. The van der Waals surface area contributed by atoms with Crippen LogP contribution in [0.3, 0.4) is 0 Å². The Balaban J connectivity index is 2.45. The number of pyridine rings is 1. The molecule has 2 aromatic heterocycles. The Labute approximate surface area is 97.0 Å². The molecule has 0 aromatic carbocycles.